The first kappa shape index (κ1) is 17.9. The summed E-state index contributed by atoms with van der Waals surface area (Å²) < 4.78 is 5.29. The second kappa shape index (κ2) is 7.52. The average molecular weight is 356 g/mol. The molecule has 1 heterocycles. The van der Waals surface area contributed by atoms with Crippen LogP contribution in [0.5, 0.6) is 0 Å². The van der Waals surface area contributed by atoms with Crippen LogP contribution < -0.4 is 0 Å². The van der Waals surface area contributed by atoms with Gasteiger partial charge in [0.15, 0.2) is 12.4 Å². The smallest absolute Gasteiger partial charge is 0.339 e. The number of ketones is 1. The van der Waals surface area contributed by atoms with E-state index >= 15 is 0 Å². The van der Waals surface area contributed by atoms with Crippen molar-refractivity contribution in [2.45, 2.75) is 46.0 Å². The molecule has 132 valence electrons. The lowest BCUT2D eigenvalue weighted by Gasteiger charge is -2.18. The minimum atomic E-state index is -0.376. The third kappa shape index (κ3) is 4.01. The molecule has 0 radical (unpaired) electrons. The summed E-state index contributed by atoms with van der Waals surface area (Å²) in [5, 5.41) is 1.88. The standard InChI is InChI=1S/C21H24O3S/c1-13(2)15-5-7-16(8-6-15)19(22)11-24-21(23)18-12-25-20-10-14(3)4-9-17(18)20/h5-8,12-14H,4,9-11H2,1-3H3/t14-/m1/s1. The zero-order valence-electron chi connectivity index (χ0n) is 15.0. The van der Waals surface area contributed by atoms with Gasteiger partial charge in [-0.3, -0.25) is 4.79 Å². The molecule has 0 bridgehead atoms. The van der Waals surface area contributed by atoms with Crippen LogP contribution in [0.25, 0.3) is 0 Å². The number of hydrogen-bond donors (Lipinski definition) is 0. The minimum Gasteiger partial charge on any atom is -0.454 e. The van der Waals surface area contributed by atoms with E-state index in [1.807, 2.05) is 17.5 Å². The van der Waals surface area contributed by atoms with Crippen molar-refractivity contribution in [3.05, 3.63) is 56.8 Å². The van der Waals surface area contributed by atoms with E-state index in [4.69, 9.17) is 4.74 Å². The first-order chi connectivity index (χ1) is 12.0. The molecule has 4 heteroatoms. The quantitative estimate of drug-likeness (QED) is 0.557. The highest BCUT2D eigenvalue weighted by Crippen LogP contribution is 2.33. The van der Waals surface area contributed by atoms with Gasteiger partial charge < -0.3 is 4.74 Å². The number of carbonyl (C=O) groups is 2. The number of thiophene rings is 1. The highest BCUT2D eigenvalue weighted by atomic mass is 32.1. The second-order valence-electron chi connectivity index (χ2n) is 7.18. The molecule has 0 amide bonds. The molecule has 1 aliphatic rings. The summed E-state index contributed by atoms with van der Waals surface area (Å²) >= 11 is 1.63. The number of hydrogen-bond acceptors (Lipinski definition) is 4. The molecule has 1 atom stereocenters. The predicted molar refractivity (Wildman–Crippen MR) is 101 cm³/mol. The highest BCUT2D eigenvalue weighted by Gasteiger charge is 2.24. The Labute approximate surface area is 153 Å². The van der Waals surface area contributed by atoms with E-state index in [2.05, 4.69) is 20.8 Å². The molecule has 25 heavy (non-hydrogen) atoms. The van der Waals surface area contributed by atoms with Crippen molar-refractivity contribution in [3.63, 3.8) is 0 Å². The van der Waals surface area contributed by atoms with E-state index in [1.165, 1.54) is 10.4 Å². The van der Waals surface area contributed by atoms with Gasteiger partial charge in [-0.15, -0.1) is 11.3 Å². The Hall–Kier alpha value is -1.94. The fraction of sp³-hybridized carbons (Fsp3) is 0.429. The number of Topliss-reactive ketones (excluding diaryl/α,β-unsaturated/α-hetero) is 1. The summed E-state index contributed by atoms with van der Waals surface area (Å²) in [5.41, 5.74) is 3.54. The largest absolute Gasteiger partial charge is 0.454 e. The van der Waals surface area contributed by atoms with Crippen molar-refractivity contribution in [2.75, 3.05) is 6.61 Å². The molecular formula is C21H24O3S. The van der Waals surface area contributed by atoms with E-state index in [-0.39, 0.29) is 18.4 Å². The first-order valence-corrected chi connectivity index (χ1v) is 9.73. The molecule has 1 aliphatic carbocycles. The van der Waals surface area contributed by atoms with Gasteiger partial charge in [0, 0.05) is 15.8 Å². The highest BCUT2D eigenvalue weighted by molar-refractivity contribution is 7.10. The SMILES string of the molecule is CC(C)c1ccc(C(=O)COC(=O)c2csc3c2CC[C@@H](C)C3)cc1. The Morgan fingerprint density at radius 2 is 1.96 bits per heavy atom. The molecular weight excluding hydrogens is 332 g/mol. The fourth-order valence-corrected chi connectivity index (χ4v) is 4.43. The molecule has 1 aromatic carbocycles. The topological polar surface area (TPSA) is 43.4 Å². The van der Waals surface area contributed by atoms with Crippen LogP contribution >= 0.6 is 11.3 Å². The van der Waals surface area contributed by atoms with Gasteiger partial charge >= 0.3 is 5.97 Å². The molecule has 0 aliphatic heterocycles. The number of benzene rings is 1. The Bertz CT molecular complexity index is 771. The number of rotatable bonds is 5. The lowest BCUT2D eigenvalue weighted by Crippen LogP contribution is -2.17. The monoisotopic (exact) mass is 356 g/mol. The van der Waals surface area contributed by atoms with Crippen LogP contribution in [-0.2, 0) is 17.6 Å². The summed E-state index contributed by atoms with van der Waals surface area (Å²) in [5.74, 6) is 0.556. The Morgan fingerprint density at radius 3 is 2.64 bits per heavy atom. The van der Waals surface area contributed by atoms with Crippen LogP contribution in [0.2, 0.25) is 0 Å². The maximum Gasteiger partial charge on any atom is 0.339 e. The predicted octanol–water partition coefficient (Wildman–Crippen LogP) is 5.04. The Kier molecular flexibility index (Phi) is 5.38. The average Bonchev–Trinajstić information content (AvgIpc) is 3.02. The summed E-state index contributed by atoms with van der Waals surface area (Å²) in [6, 6.07) is 7.52. The van der Waals surface area contributed by atoms with Gasteiger partial charge in [-0.25, -0.2) is 4.79 Å². The third-order valence-electron chi connectivity index (χ3n) is 4.86. The molecule has 3 nitrogen and oxygen atoms in total. The van der Waals surface area contributed by atoms with Crippen LogP contribution in [0.4, 0.5) is 0 Å². The van der Waals surface area contributed by atoms with E-state index in [1.54, 1.807) is 23.5 Å². The molecule has 1 aromatic heterocycles. The zero-order chi connectivity index (χ0) is 18.0. The molecule has 0 saturated carbocycles. The summed E-state index contributed by atoms with van der Waals surface area (Å²) in [7, 11) is 0. The third-order valence-corrected chi connectivity index (χ3v) is 5.91. The van der Waals surface area contributed by atoms with Gasteiger partial charge in [0.25, 0.3) is 0 Å². The lowest BCUT2D eigenvalue weighted by molar-refractivity contribution is 0.0474. The first-order valence-electron chi connectivity index (χ1n) is 8.85. The van der Waals surface area contributed by atoms with Crippen LogP contribution in [0.3, 0.4) is 0 Å². The molecule has 0 unspecified atom stereocenters. The normalized spacial score (nSPS) is 16.6. The molecule has 3 rings (SSSR count). The summed E-state index contributed by atoms with van der Waals surface area (Å²) in [4.78, 5) is 25.9. The van der Waals surface area contributed by atoms with Crippen LogP contribution in [0, 0.1) is 5.92 Å². The van der Waals surface area contributed by atoms with E-state index < -0.39 is 0 Å². The summed E-state index contributed by atoms with van der Waals surface area (Å²) in [6.45, 7) is 6.26. The van der Waals surface area contributed by atoms with Gasteiger partial charge in [0.1, 0.15) is 0 Å². The summed E-state index contributed by atoms with van der Waals surface area (Å²) in [6.07, 6.45) is 3.06. The lowest BCUT2D eigenvalue weighted by atomic mass is 9.88. The van der Waals surface area contributed by atoms with Crippen molar-refractivity contribution >= 4 is 23.1 Å². The van der Waals surface area contributed by atoms with Crippen LogP contribution in [0.15, 0.2) is 29.6 Å². The number of ether oxygens (including phenoxy) is 1. The maximum absolute atomic E-state index is 12.4. The van der Waals surface area contributed by atoms with Gasteiger partial charge in [0.2, 0.25) is 0 Å². The van der Waals surface area contributed by atoms with Crippen LogP contribution in [-0.4, -0.2) is 18.4 Å². The van der Waals surface area contributed by atoms with Crippen molar-refractivity contribution in [1.82, 2.24) is 0 Å². The van der Waals surface area contributed by atoms with Crippen molar-refractivity contribution in [2.24, 2.45) is 5.92 Å². The van der Waals surface area contributed by atoms with Crippen molar-refractivity contribution in [1.29, 1.82) is 0 Å². The van der Waals surface area contributed by atoms with Crippen LogP contribution in [0.1, 0.15) is 69.8 Å². The molecule has 0 spiro atoms. The Balaban J connectivity index is 1.61. The van der Waals surface area contributed by atoms with E-state index in [0.717, 1.165) is 24.8 Å². The van der Waals surface area contributed by atoms with Crippen molar-refractivity contribution < 1.29 is 14.3 Å². The number of carbonyl (C=O) groups excluding carboxylic acids is 2. The molecule has 0 saturated heterocycles. The van der Waals surface area contributed by atoms with Gasteiger partial charge in [-0.2, -0.15) is 0 Å². The zero-order valence-corrected chi connectivity index (χ0v) is 15.8. The molecule has 0 N–H and O–H groups in total. The fourth-order valence-electron chi connectivity index (χ4n) is 3.19. The van der Waals surface area contributed by atoms with Gasteiger partial charge in [-0.05, 0) is 42.2 Å². The maximum atomic E-state index is 12.4. The number of fused-ring (bicyclic) bond motifs is 1. The minimum absolute atomic E-state index is 0.165. The van der Waals surface area contributed by atoms with Gasteiger partial charge in [0.05, 0.1) is 5.56 Å². The van der Waals surface area contributed by atoms with E-state index in [9.17, 15) is 9.59 Å². The molecule has 2 aromatic rings. The van der Waals surface area contributed by atoms with E-state index in [0.29, 0.717) is 23.0 Å². The molecule has 0 fully saturated rings. The van der Waals surface area contributed by atoms with Gasteiger partial charge in [-0.1, -0.05) is 45.0 Å². The van der Waals surface area contributed by atoms with Crippen molar-refractivity contribution in [3.8, 4) is 0 Å². The Morgan fingerprint density at radius 1 is 1.24 bits per heavy atom. The second-order valence-corrected chi connectivity index (χ2v) is 8.14. The number of esters is 1.